The first-order chi connectivity index (χ1) is 20.6. The zero-order chi connectivity index (χ0) is 30.2. The average Bonchev–Trinajstić information content (AvgIpc) is 3.60. The lowest BCUT2D eigenvalue weighted by molar-refractivity contribution is -0.128. The van der Waals surface area contributed by atoms with Crippen LogP contribution in [0.25, 0.3) is 32.9 Å². The zero-order valence-electron chi connectivity index (χ0n) is 25.0. The van der Waals surface area contributed by atoms with E-state index in [1.54, 1.807) is 12.3 Å². The second-order valence-corrected chi connectivity index (χ2v) is 12.9. The smallest absolute Gasteiger partial charge is 0.246 e. The van der Waals surface area contributed by atoms with E-state index >= 15 is 4.39 Å². The molecule has 3 aliphatic heterocycles. The van der Waals surface area contributed by atoms with Crippen molar-refractivity contribution in [3.63, 3.8) is 0 Å². The summed E-state index contributed by atoms with van der Waals surface area (Å²) >= 11 is 6.96. The Bertz CT molecular complexity index is 1780. The lowest BCUT2D eigenvalue weighted by Crippen LogP contribution is -2.67. The summed E-state index contributed by atoms with van der Waals surface area (Å²) < 4.78 is 17.0. The molecule has 1 N–H and O–H groups in total. The van der Waals surface area contributed by atoms with Gasteiger partial charge in [-0.05, 0) is 71.0 Å². The van der Waals surface area contributed by atoms with Crippen molar-refractivity contribution in [3.05, 3.63) is 53.5 Å². The van der Waals surface area contributed by atoms with Crippen LogP contribution < -0.4 is 9.80 Å². The molecule has 224 valence electrons. The number of nitrogens with zero attached hydrogens (tertiary/aromatic N) is 7. The Hall–Kier alpha value is -3.76. The minimum Gasteiger partial charge on any atom is -0.349 e. The maximum absolute atomic E-state index is 17.0. The van der Waals surface area contributed by atoms with Crippen LogP contribution in [0.3, 0.4) is 0 Å². The molecule has 3 fully saturated rings. The normalized spacial score (nSPS) is 22.1. The summed E-state index contributed by atoms with van der Waals surface area (Å²) in [5.74, 6) is 0.583. The molecular formula is C32H36ClFN8O. The van der Waals surface area contributed by atoms with E-state index in [0.29, 0.717) is 41.4 Å². The molecule has 3 aliphatic rings. The fourth-order valence-corrected chi connectivity index (χ4v) is 7.63. The van der Waals surface area contributed by atoms with Gasteiger partial charge in [0.15, 0.2) is 5.82 Å². The van der Waals surface area contributed by atoms with E-state index in [9.17, 15) is 4.79 Å². The number of likely N-dealkylation sites (N-methyl/N-ethyl adjacent to an activating group) is 1. The van der Waals surface area contributed by atoms with E-state index in [-0.39, 0.29) is 34.1 Å². The molecule has 1 spiro atoms. The molecule has 2 aromatic carbocycles. The first-order valence-electron chi connectivity index (χ1n) is 14.9. The molecule has 0 bridgehead atoms. The summed E-state index contributed by atoms with van der Waals surface area (Å²) in [6.07, 6.45) is 5.37. The van der Waals surface area contributed by atoms with Gasteiger partial charge < -0.3 is 14.7 Å². The highest BCUT2D eigenvalue weighted by Gasteiger charge is 2.49. The van der Waals surface area contributed by atoms with E-state index in [1.165, 1.54) is 12.5 Å². The van der Waals surface area contributed by atoms with Gasteiger partial charge in [0.05, 0.1) is 22.3 Å². The summed E-state index contributed by atoms with van der Waals surface area (Å²) in [4.78, 5) is 31.1. The van der Waals surface area contributed by atoms with E-state index in [4.69, 9.17) is 21.6 Å². The van der Waals surface area contributed by atoms with Gasteiger partial charge in [-0.3, -0.25) is 14.8 Å². The second kappa shape index (κ2) is 10.2. The van der Waals surface area contributed by atoms with Crippen molar-refractivity contribution in [1.82, 2.24) is 30.0 Å². The van der Waals surface area contributed by atoms with Crippen molar-refractivity contribution in [2.24, 2.45) is 0 Å². The number of aryl methyl sites for hydroxylation is 1. The molecule has 1 amide bonds. The van der Waals surface area contributed by atoms with Gasteiger partial charge in [0, 0.05) is 60.2 Å². The molecule has 43 heavy (non-hydrogen) atoms. The number of fused-ring (bicyclic) bond motifs is 2. The van der Waals surface area contributed by atoms with E-state index in [2.05, 4.69) is 45.4 Å². The molecule has 0 radical (unpaired) electrons. The average molecular weight is 603 g/mol. The first-order valence-corrected chi connectivity index (χ1v) is 15.3. The second-order valence-electron chi connectivity index (χ2n) is 12.5. The minimum atomic E-state index is -0.474. The van der Waals surface area contributed by atoms with Crippen LogP contribution in [0.5, 0.6) is 0 Å². The maximum Gasteiger partial charge on any atom is 0.246 e. The highest BCUT2D eigenvalue weighted by Crippen LogP contribution is 2.44. The molecule has 2 aromatic heterocycles. The summed E-state index contributed by atoms with van der Waals surface area (Å²) in [6.45, 7) is 13.4. The topological polar surface area (TPSA) is 84.5 Å². The number of hydrogen-bond donors (Lipinski definition) is 1. The van der Waals surface area contributed by atoms with Crippen LogP contribution in [0, 0.1) is 12.7 Å². The zero-order valence-corrected chi connectivity index (χ0v) is 25.7. The number of likely N-dealkylation sites (tertiary alicyclic amines) is 1. The molecule has 4 aromatic rings. The van der Waals surface area contributed by atoms with E-state index < -0.39 is 5.82 Å². The predicted octanol–water partition coefficient (Wildman–Crippen LogP) is 5.17. The lowest BCUT2D eigenvalue weighted by atomic mass is 9.87. The Balaban J connectivity index is 1.40. The van der Waals surface area contributed by atoms with Crippen LogP contribution in [-0.2, 0) is 4.79 Å². The minimum absolute atomic E-state index is 0.0711. The van der Waals surface area contributed by atoms with Gasteiger partial charge in [0.25, 0.3) is 0 Å². The largest absolute Gasteiger partial charge is 0.349 e. The number of aromatic amines is 1. The Morgan fingerprint density at radius 3 is 2.67 bits per heavy atom. The van der Waals surface area contributed by atoms with Gasteiger partial charge >= 0.3 is 0 Å². The monoisotopic (exact) mass is 602 g/mol. The number of nitrogens with one attached hydrogen (secondary N) is 1. The molecule has 7 rings (SSSR count). The maximum atomic E-state index is 17.0. The van der Waals surface area contributed by atoms with Crippen LogP contribution in [0.15, 0.2) is 37.1 Å². The molecule has 2 atom stereocenters. The van der Waals surface area contributed by atoms with Gasteiger partial charge in [0.2, 0.25) is 11.9 Å². The number of piperazine rings is 1. The van der Waals surface area contributed by atoms with Crippen LogP contribution in [0.1, 0.15) is 32.3 Å². The quantitative estimate of drug-likeness (QED) is 0.323. The number of rotatable bonds is 4. The van der Waals surface area contributed by atoms with E-state index in [1.807, 2.05) is 30.9 Å². The molecule has 0 saturated carbocycles. The number of hydrogen-bond acceptors (Lipinski definition) is 7. The molecule has 3 saturated heterocycles. The van der Waals surface area contributed by atoms with Crippen LogP contribution in [0.4, 0.5) is 16.2 Å². The molecule has 0 aliphatic carbocycles. The number of benzene rings is 2. The number of H-pyrrole nitrogens is 1. The van der Waals surface area contributed by atoms with Crippen molar-refractivity contribution < 1.29 is 9.18 Å². The fraction of sp³-hybridized carbons (Fsp3) is 0.438. The summed E-state index contributed by atoms with van der Waals surface area (Å²) in [7, 11) is 2.18. The van der Waals surface area contributed by atoms with Gasteiger partial charge in [0.1, 0.15) is 11.3 Å². The number of carbonyl (C=O) groups excluding carboxylic acids is 1. The number of carbonyl (C=O) groups is 1. The Labute approximate surface area is 255 Å². The highest BCUT2D eigenvalue weighted by atomic mass is 35.5. The van der Waals surface area contributed by atoms with Crippen molar-refractivity contribution in [2.45, 2.75) is 51.2 Å². The van der Waals surface area contributed by atoms with Crippen LogP contribution in [-0.4, -0.2) is 93.3 Å². The third-order valence-electron chi connectivity index (χ3n) is 9.85. The first kappa shape index (κ1) is 28.0. The lowest BCUT2D eigenvalue weighted by Gasteiger charge is -2.52. The van der Waals surface area contributed by atoms with Gasteiger partial charge in [-0.1, -0.05) is 24.2 Å². The third-order valence-corrected chi connectivity index (χ3v) is 10.1. The van der Waals surface area contributed by atoms with Crippen molar-refractivity contribution in [2.75, 3.05) is 49.6 Å². The number of halogens is 2. The third kappa shape index (κ3) is 4.29. The molecular weight excluding hydrogens is 567 g/mol. The standard InChI is InChI=1S/C32H36ClFN8O/c1-6-25(43)41-14-20(4)42(15-19(41)3)30-21-12-23(33)27(26-18(2)8-9-24-22(26)13-35-38-24)28(34)29(21)36-31(37-30)40-16-32(17-40)10-7-11-39(32)5/h6,8-9,12-13,19-20H,1,7,10-11,14-17H2,2-5H3,(H,35,38)/t19-,20+/m1/s1. The number of amides is 1. The van der Waals surface area contributed by atoms with Crippen molar-refractivity contribution in [1.29, 1.82) is 0 Å². The molecule has 0 unspecified atom stereocenters. The fourth-order valence-electron chi connectivity index (χ4n) is 7.34. The molecule has 9 nitrogen and oxygen atoms in total. The Kier molecular flexibility index (Phi) is 6.63. The van der Waals surface area contributed by atoms with Gasteiger partial charge in [-0.15, -0.1) is 0 Å². The summed E-state index contributed by atoms with van der Waals surface area (Å²) in [6, 6.07) is 5.52. The Morgan fingerprint density at radius 2 is 1.95 bits per heavy atom. The molecule has 5 heterocycles. The predicted molar refractivity (Wildman–Crippen MR) is 169 cm³/mol. The van der Waals surface area contributed by atoms with Crippen LogP contribution in [0.2, 0.25) is 5.02 Å². The highest BCUT2D eigenvalue weighted by molar-refractivity contribution is 6.35. The number of aromatic nitrogens is 4. The SMILES string of the molecule is C=CC(=O)N1C[C@H](C)N(c2nc(N3CC4(CCCN4C)C3)nc3c(F)c(-c4c(C)ccc5[nH]ncc45)c(Cl)cc23)C[C@H]1C. The van der Waals surface area contributed by atoms with Crippen molar-refractivity contribution >= 4 is 51.1 Å². The van der Waals surface area contributed by atoms with Crippen LogP contribution >= 0.6 is 11.6 Å². The van der Waals surface area contributed by atoms with Crippen molar-refractivity contribution in [3.8, 4) is 11.1 Å². The molecule has 11 heteroatoms. The number of anilines is 2. The van der Waals surface area contributed by atoms with Gasteiger partial charge in [-0.2, -0.15) is 10.1 Å². The summed E-state index contributed by atoms with van der Waals surface area (Å²) in [5, 5.41) is 8.82. The van der Waals surface area contributed by atoms with Gasteiger partial charge in [-0.25, -0.2) is 9.37 Å². The Morgan fingerprint density at radius 1 is 1.16 bits per heavy atom. The summed E-state index contributed by atoms with van der Waals surface area (Å²) in [5.41, 5.74) is 3.07. The van der Waals surface area contributed by atoms with E-state index in [0.717, 1.165) is 42.5 Å².